The second kappa shape index (κ2) is 17.9. The van der Waals surface area contributed by atoms with Gasteiger partial charge in [0.2, 0.25) is 0 Å². The Labute approximate surface area is 149 Å². The van der Waals surface area contributed by atoms with E-state index in [1.165, 1.54) is 83.5 Å². The molecule has 0 rings (SSSR count). The fourth-order valence-corrected chi connectivity index (χ4v) is 3.27. The Morgan fingerprint density at radius 1 is 0.583 bits per heavy atom. The SMILES string of the molecule is NCCCCCCCCCCCCCCCCCCOP(=O)(O)O. The van der Waals surface area contributed by atoms with Crippen LogP contribution in [0.15, 0.2) is 0 Å². The summed E-state index contributed by atoms with van der Waals surface area (Å²) in [5.74, 6) is 0. The first kappa shape index (κ1) is 24.1. The van der Waals surface area contributed by atoms with Crippen LogP contribution in [0, 0.1) is 0 Å². The van der Waals surface area contributed by atoms with E-state index in [0.717, 1.165) is 25.8 Å². The van der Waals surface area contributed by atoms with Crippen molar-refractivity contribution in [2.45, 2.75) is 103 Å². The number of hydrogen-bond acceptors (Lipinski definition) is 3. The van der Waals surface area contributed by atoms with E-state index in [9.17, 15) is 4.57 Å². The minimum atomic E-state index is -4.26. The van der Waals surface area contributed by atoms with Crippen LogP contribution in [0.2, 0.25) is 0 Å². The molecule has 0 heterocycles. The molecule has 0 aliphatic rings. The molecule has 0 bridgehead atoms. The average molecular weight is 365 g/mol. The van der Waals surface area contributed by atoms with Crippen LogP contribution < -0.4 is 5.73 Å². The Morgan fingerprint density at radius 2 is 0.875 bits per heavy atom. The zero-order chi connectivity index (χ0) is 17.9. The Kier molecular flexibility index (Phi) is 17.9. The molecule has 0 amide bonds. The maximum absolute atomic E-state index is 10.5. The minimum Gasteiger partial charge on any atom is -0.330 e. The summed E-state index contributed by atoms with van der Waals surface area (Å²) in [5.41, 5.74) is 5.48. The second-order valence-corrected chi connectivity index (χ2v) is 8.01. The molecule has 4 N–H and O–H groups in total. The predicted octanol–water partition coefficient (Wildman–Crippen LogP) is 5.30. The van der Waals surface area contributed by atoms with Crippen LogP contribution in [-0.4, -0.2) is 22.9 Å². The fourth-order valence-electron chi connectivity index (χ4n) is 2.90. The van der Waals surface area contributed by atoms with E-state index in [2.05, 4.69) is 4.52 Å². The molecule has 0 aromatic carbocycles. The first-order chi connectivity index (χ1) is 11.6. The summed E-state index contributed by atoms with van der Waals surface area (Å²) in [5, 5.41) is 0. The number of phosphoric acid groups is 1. The van der Waals surface area contributed by atoms with Crippen LogP contribution in [0.3, 0.4) is 0 Å². The highest BCUT2D eigenvalue weighted by Gasteiger charge is 2.12. The van der Waals surface area contributed by atoms with E-state index in [0.29, 0.717) is 0 Å². The van der Waals surface area contributed by atoms with Crippen molar-refractivity contribution in [2.24, 2.45) is 5.73 Å². The molecular weight excluding hydrogens is 325 g/mol. The zero-order valence-corrected chi connectivity index (χ0v) is 16.4. The van der Waals surface area contributed by atoms with Crippen LogP contribution >= 0.6 is 7.82 Å². The summed E-state index contributed by atoms with van der Waals surface area (Å²) in [4.78, 5) is 17.1. The van der Waals surface area contributed by atoms with Crippen LogP contribution in [0.5, 0.6) is 0 Å². The normalized spacial score (nSPS) is 12.0. The average Bonchev–Trinajstić information content (AvgIpc) is 2.52. The molecule has 0 spiro atoms. The molecule has 0 aliphatic carbocycles. The van der Waals surface area contributed by atoms with Crippen LogP contribution in [0.25, 0.3) is 0 Å². The largest absolute Gasteiger partial charge is 0.469 e. The lowest BCUT2D eigenvalue weighted by atomic mass is 10.0. The van der Waals surface area contributed by atoms with Gasteiger partial charge in [0.05, 0.1) is 6.61 Å². The molecule has 0 saturated carbocycles. The predicted molar refractivity (Wildman–Crippen MR) is 101 cm³/mol. The van der Waals surface area contributed by atoms with Crippen LogP contribution in [0.1, 0.15) is 103 Å². The van der Waals surface area contributed by atoms with Gasteiger partial charge in [-0.3, -0.25) is 4.52 Å². The zero-order valence-electron chi connectivity index (χ0n) is 15.5. The van der Waals surface area contributed by atoms with Gasteiger partial charge in [-0.05, 0) is 19.4 Å². The molecule has 6 heteroatoms. The molecule has 0 unspecified atom stereocenters. The van der Waals surface area contributed by atoms with Gasteiger partial charge in [-0.25, -0.2) is 4.57 Å². The van der Waals surface area contributed by atoms with Gasteiger partial charge in [0.25, 0.3) is 0 Å². The smallest absolute Gasteiger partial charge is 0.330 e. The van der Waals surface area contributed by atoms with Gasteiger partial charge in [0.1, 0.15) is 0 Å². The summed E-state index contributed by atoms with van der Waals surface area (Å²) < 4.78 is 14.9. The Hall–Kier alpha value is 0.0700. The van der Waals surface area contributed by atoms with E-state index >= 15 is 0 Å². The monoisotopic (exact) mass is 365 g/mol. The van der Waals surface area contributed by atoms with Gasteiger partial charge < -0.3 is 15.5 Å². The third kappa shape index (κ3) is 22.1. The summed E-state index contributed by atoms with van der Waals surface area (Å²) >= 11 is 0. The van der Waals surface area contributed by atoms with Gasteiger partial charge in [-0.2, -0.15) is 0 Å². The fraction of sp³-hybridized carbons (Fsp3) is 1.00. The molecule has 0 aromatic heterocycles. The standard InChI is InChI=1S/C18H40NO4P/c19-17-15-13-11-9-7-5-3-1-2-4-6-8-10-12-14-16-18-23-24(20,21)22/h1-19H2,(H2,20,21,22). The molecule has 0 aliphatic heterocycles. The quantitative estimate of drug-likeness (QED) is 0.213. The number of phosphoric ester groups is 1. The van der Waals surface area contributed by atoms with Crippen molar-refractivity contribution in [2.75, 3.05) is 13.2 Å². The third-order valence-electron chi connectivity index (χ3n) is 4.36. The van der Waals surface area contributed by atoms with E-state index < -0.39 is 7.82 Å². The highest BCUT2D eigenvalue weighted by molar-refractivity contribution is 7.46. The van der Waals surface area contributed by atoms with Gasteiger partial charge in [-0.15, -0.1) is 0 Å². The molecule has 0 saturated heterocycles. The highest BCUT2D eigenvalue weighted by Crippen LogP contribution is 2.35. The minimum absolute atomic E-state index is 0.164. The van der Waals surface area contributed by atoms with Crippen molar-refractivity contribution in [3.05, 3.63) is 0 Å². The number of unbranched alkanes of at least 4 members (excludes halogenated alkanes) is 15. The summed E-state index contributed by atoms with van der Waals surface area (Å²) in [7, 11) is -4.26. The number of nitrogens with two attached hydrogens (primary N) is 1. The lowest BCUT2D eigenvalue weighted by Crippen LogP contribution is -1.97. The number of rotatable bonds is 19. The third-order valence-corrected chi connectivity index (χ3v) is 4.88. The van der Waals surface area contributed by atoms with Crippen LogP contribution in [0.4, 0.5) is 0 Å². The molecule has 0 aromatic rings. The maximum Gasteiger partial charge on any atom is 0.469 e. The van der Waals surface area contributed by atoms with Gasteiger partial charge in [0.15, 0.2) is 0 Å². The summed E-state index contributed by atoms with van der Waals surface area (Å²) in [6.07, 6.45) is 20.1. The molecule has 24 heavy (non-hydrogen) atoms. The van der Waals surface area contributed by atoms with Crippen molar-refractivity contribution < 1.29 is 18.9 Å². The molecule has 0 atom stereocenters. The van der Waals surface area contributed by atoms with Crippen molar-refractivity contribution in [1.82, 2.24) is 0 Å². The van der Waals surface area contributed by atoms with Crippen molar-refractivity contribution in [1.29, 1.82) is 0 Å². The summed E-state index contributed by atoms with van der Waals surface area (Å²) in [6, 6.07) is 0. The molecule has 0 radical (unpaired) electrons. The molecular formula is C18H40NO4P. The molecule has 146 valence electrons. The van der Waals surface area contributed by atoms with E-state index in [4.69, 9.17) is 15.5 Å². The van der Waals surface area contributed by atoms with Crippen LogP contribution in [-0.2, 0) is 9.09 Å². The molecule has 5 nitrogen and oxygen atoms in total. The maximum atomic E-state index is 10.5. The second-order valence-electron chi connectivity index (χ2n) is 6.77. The van der Waals surface area contributed by atoms with Gasteiger partial charge in [0, 0.05) is 0 Å². The van der Waals surface area contributed by atoms with Crippen molar-refractivity contribution >= 4 is 7.82 Å². The Balaban J connectivity index is 3.02. The first-order valence-electron chi connectivity index (χ1n) is 9.96. The van der Waals surface area contributed by atoms with Crippen molar-refractivity contribution in [3.8, 4) is 0 Å². The topological polar surface area (TPSA) is 92.8 Å². The van der Waals surface area contributed by atoms with E-state index in [1.54, 1.807) is 0 Å². The highest BCUT2D eigenvalue weighted by atomic mass is 31.2. The van der Waals surface area contributed by atoms with Gasteiger partial charge in [-0.1, -0.05) is 89.9 Å². The lowest BCUT2D eigenvalue weighted by Gasteiger charge is -2.05. The van der Waals surface area contributed by atoms with E-state index in [1.807, 2.05) is 0 Å². The first-order valence-corrected chi connectivity index (χ1v) is 11.5. The molecule has 0 fully saturated rings. The summed E-state index contributed by atoms with van der Waals surface area (Å²) in [6.45, 7) is 1.00. The van der Waals surface area contributed by atoms with Gasteiger partial charge >= 0.3 is 7.82 Å². The Bertz CT molecular complexity index is 297. The Morgan fingerprint density at radius 3 is 1.17 bits per heavy atom. The van der Waals surface area contributed by atoms with E-state index in [-0.39, 0.29) is 6.61 Å². The van der Waals surface area contributed by atoms with Crippen molar-refractivity contribution in [3.63, 3.8) is 0 Å². The lowest BCUT2D eigenvalue weighted by molar-refractivity contribution is 0.193. The number of hydrogen-bond donors (Lipinski definition) is 3.